The first-order valence-electron chi connectivity index (χ1n) is 15.8. The van der Waals surface area contributed by atoms with E-state index in [-0.39, 0.29) is 36.4 Å². The number of carbonyl (C=O) groups excluding carboxylic acids is 2. The molecule has 2 atom stereocenters. The predicted molar refractivity (Wildman–Crippen MR) is 189 cm³/mol. The zero-order valence-electron chi connectivity index (χ0n) is 27.2. The van der Waals surface area contributed by atoms with Crippen LogP contribution in [0, 0.1) is 18.8 Å². The topological polar surface area (TPSA) is 77.1 Å². The normalized spacial score (nSPS) is 14.1. The summed E-state index contributed by atoms with van der Waals surface area (Å²) in [6.45, 7) is 7.30. The Bertz CT molecular complexity index is 1490. The summed E-state index contributed by atoms with van der Waals surface area (Å²) >= 11 is 25.4. The van der Waals surface area contributed by atoms with E-state index in [1.54, 1.807) is 18.2 Å². The molecule has 0 aliphatic heterocycles. The SMILES string of the molecule is COC(=O)[C@@H](CCNC(Cc1ccc(OCCOc2c(Cl)cc(C)cc2Cl)cc1)C(=O)N(Cc1cccc(Cl)c1Cl)C1CC1)C(C)C. The minimum atomic E-state index is -0.525. The summed E-state index contributed by atoms with van der Waals surface area (Å²) in [6, 6.07) is 16.3. The number of nitrogens with one attached hydrogen (secondary N) is 1. The van der Waals surface area contributed by atoms with Crippen molar-refractivity contribution in [3.05, 3.63) is 91.4 Å². The van der Waals surface area contributed by atoms with E-state index in [1.165, 1.54) is 7.11 Å². The molecule has 1 amide bonds. The Hall–Kier alpha value is -2.68. The fraction of sp³-hybridized carbons (Fsp3) is 0.444. The second-order valence-corrected chi connectivity index (χ2v) is 13.8. The summed E-state index contributed by atoms with van der Waals surface area (Å²) in [5.41, 5.74) is 2.72. The highest BCUT2D eigenvalue weighted by molar-refractivity contribution is 6.42. The van der Waals surface area contributed by atoms with E-state index in [0.29, 0.717) is 64.1 Å². The number of rotatable bonds is 17. The summed E-state index contributed by atoms with van der Waals surface area (Å²) < 4.78 is 16.7. The Morgan fingerprint density at radius 2 is 1.60 bits per heavy atom. The molecule has 1 N–H and O–H groups in total. The molecular formula is C36H42Cl4N2O5. The number of hydrogen-bond acceptors (Lipinski definition) is 6. The maximum atomic E-state index is 14.2. The second-order valence-electron chi connectivity index (χ2n) is 12.2. The summed E-state index contributed by atoms with van der Waals surface area (Å²) in [4.78, 5) is 28.5. The molecule has 3 aromatic rings. The molecule has 0 saturated heterocycles. The highest BCUT2D eigenvalue weighted by atomic mass is 35.5. The number of methoxy groups -OCH3 is 1. The van der Waals surface area contributed by atoms with E-state index in [2.05, 4.69) is 5.32 Å². The van der Waals surface area contributed by atoms with Crippen molar-refractivity contribution in [1.82, 2.24) is 10.2 Å². The number of carbonyl (C=O) groups is 2. The highest BCUT2D eigenvalue weighted by Gasteiger charge is 2.36. The van der Waals surface area contributed by atoms with Crippen molar-refractivity contribution < 1.29 is 23.8 Å². The van der Waals surface area contributed by atoms with Crippen molar-refractivity contribution in [2.75, 3.05) is 26.9 Å². The molecule has 0 heterocycles. The Morgan fingerprint density at radius 1 is 0.936 bits per heavy atom. The average Bonchev–Trinajstić information content (AvgIpc) is 3.88. The van der Waals surface area contributed by atoms with Crippen LogP contribution in [0.3, 0.4) is 0 Å². The van der Waals surface area contributed by atoms with Gasteiger partial charge in [-0.05, 0) is 92.1 Å². The number of ether oxygens (including phenoxy) is 3. The van der Waals surface area contributed by atoms with E-state index >= 15 is 0 Å². The fourth-order valence-electron chi connectivity index (χ4n) is 5.45. The van der Waals surface area contributed by atoms with Gasteiger partial charge in [-0.25, -0.2) is 0 Å². The summed E-state index contributed by atoms with van der Waals surface area (Å²) in [7, 11) is 1.40. The maximum absolute atomic E-state index is 14.2. The van der Waals surface area contributed by atoms with E-state index in [9.17, 15) is 9.59 Å². The second kappa shape index (κ2) is 17.6. The van der Waals surface area contributed by atoms with Crippen LogP contribution >= 0.6 is 46.4 Å². The molecule has 254 valence electrons. The van der Waals surface area contributed by atoms with Gasteiger partial charge in [-0.1, -0.05) is 84.5 Å². The highest BCUT2D eigenvalue weighted by Crippen LogP contribution is 2.35. The molecule has 11 heteroatoms. The first kappa shape index (κ1) is 37.1. The predicted octanol–water partition coefficient (Wildman–Crippen LogP) is 8.59. The molecule has 1 fully saturated rings. The quantitative estimate of drug-likeness (QED) is 0.111. The fourth-order valence-corrected chi connectivity index (χ4v) is 6.53. The van der Waals surface area contributed by atoms with Gasteiger partial charge in [0, 0.05) is 12.6 Å². The lowest BCUT2D eigenvalue weighted by atomic mass is 9.92. The molecular weight excluding hydrogens is 682 g/mol. The van der Waals surface area contributed by atoms with Crippen LogP contribution in [0.4, 0.5) is 0 Å². The van der Waals surface area contributed by atoms with Crippen LogP contribution in [0.25, 0.3) is 0 Å². The lowest BCUT2D eigenvalue weighted by Crippen LogP contribution is -2.49. The van der Waals surface area contributed by atoms with E-state index < -0.39 is 6.04 Å². The van der Waals surface area contributed by atoms with Crippen LogP contribution in [0.2, 0.25) is 20.1 Å². The van der Waals surface area contributed by atoms with E-state index in [4.69, 9.17) is 60.6 Å². The van der Waals surface area contributed by atoms with Gasteiger partial charge >= 0.3 is 5.97 Å². The molecule has 0 bridgehead atoms. The van der Waals surface area contributed by atoms with Gasteiger partial charge in [0.15, 0.2) is 5.75 Å². The van der Waals surface area contributed by atoms with Gasteiger partial charge < -0.3 is 24.4 Å². The van der Waals surface area contributed by atoms with Crippen LogP contribution in [-0.2, 0) is 27.3 Å². The van der Waals surface area contributed by atoms with Crippen LogP contribution in [-0.4, -0.2) is 55.7 Å². The van der Waals surface area contributed by atoms with Crippen molar-refractivity contribution in [3.63, 3.8) is 0 Å². The third-order valence-electron chi connectivity index (χ3n) is 8.20. The number of nitrogens with zero attached hydrogens (tertiary/aromatic N) is 1. The maximum Gasteiger partial charge on any atom is 0.308 e. The van der Waals surface area contributed by atoms with Gasteiger partial charge in [0.25, 0.3) is 0 Å². The molecule has 7 nitrogen and oxygen atoms in total. The Balaban J connectivity index is 1.43. The van der Waals surface area contributed by atoms with Crippen molar-refractivity contribution in [2.24, 2.45) is 11.8 Å². The third kappa shape index (κ3) is 10.7. The molecule has 1 unspecified atom stereocenters. The smallest absolute Gasteiger partial charge is 0.308 e. The number of halogens is 4. The lowest BCUT2D eigenvalue weighted by molar-refractivity contribution is -0.147. The van der Waals surface area contributed by atoms with Gasteiger partial charge in [-0.15, -0.1) is 0 Å². The number of amides is 1. The molecule has 0 radical (unpaired) electrons. The lowest BCUT2D eigenvalue weighted by Gasteiger charge is -2.29. The van der Waals surface area contributed by atoms with Crippen LogP contribution in [0.1, 0.15) is 49.8 Å². The van der Waals surface area contributed by atoms with Gasteiger partial charge in [0.1, 0.15) is 19.0 Å². The Morgan fingerprint density at radius 3 is 2.21 bits per heavy atom. The van der Waals surface area contributed by atoms with Crippen molar-refractivity contribution in [3.8, 4) is 11.5 Å². The molecule has 1 saturated carbocycles. The van der Waals surface area contributed by atoms with Crippen molar-refractivity contribution in [1.29, 1.82) is 0 Å². The van der Waals surface area contributed by atoms with E-state index in [1.807, 2.05) is 62.1 Å². The van der Waals surface area contributed by atoms with Crippen LogP contribution in [0.5, 0.6) is 11.5 Å². The molecule has 47 heavy (non-hydrogen) atoms. The Kier molecular flexibility index (Phi) is 13.9. The molecule has 1 aliphatic carbocycles. The zero-order chi connectivity index (χ0) is 34.1. The van der Waals surface area contributed by atoms with Gasteiger partial charge in [0.2, 0.25) is 5.91 Å². The molecule has 0 aromatic heterocycles. The molecule has 0 spiro atoms. The molecule has 1 aliphatic rings. The summed E-state index contributed by atoms with van der Waals surface area (Å²) in [5.74, 6) is 0.675. The van der Waals surface area contributed by atoms with Crippen LogP contribution in [0.15, 0.2) is 54.6 Å². The number of benzene rings is 3. The van der Waals surface area contributed by atoms with Gasteiger partial charge in [-0.3, -0.25) is 9.59 Å². The van der Waals surface area contributed by atoms with Gasteiger partial charge in [-0.2, -0.15) is 0 Å². The molecule has 4 rings (SSSR count). The molecule has 3 aromatic carbocycles. The number of aryl methyl sites for hydroxylation is 1. The largest absolute Gasteiger partial charge is 0.490 e. The summed E-state index contributed by atoms with van der Waals surface area (Å²) in [6.07, 6.45) is 2.87. The van der Waals surface area contributed by atoms with Crippen molar-refractivity contribution in [2.45, 2.75) is 65.1 Å². The minimum absolute atomic E-state index is 0.0198. The first-order chi connectivity index (χ1) is 22.5. The van der Waals surface area contributed by atoms with Gasteiger partial charge in [0.05, 0.1) is 39.2 Å². The summed E-state index contributed by atoms with van der Waals surface area (Å²) in [5, 5.41) is 5.30. The Labute approximate surface area is 297 Å². The number of hydrogen-bond donors (Lipinski definition) is 1. The monoisotopic (exact) mass is 722 g/mol. The first-order valence-corrected chi connectivity index (χ1v) is 17.3. The van der Waals surface area contributed by atoms with Crippen molar-refractivity contribution >= 4 is 58.3 Å². The van der Waals surface area contributed by atoms with Crippen LogP contribution < -0.4 is 14.8 Å². The minimum Gasteiger partial charge on any atom is -0.490 e. The average molecular weight is 725 g/mol. The zero-order valence-corrected chi connectivity index (χ0v) is 30.2. The van der Waals surface area contributed by atoms with E-state index in [0.717, 1.165) is 29.5 Å². The third-order valence-corrected chi connectivity index (χ3v) is 9.62. The standard InChI is InChI=1S/C36H42Cl4N2O5/c1-22(2)28(36(44)45-4)14-15-41-32(35(43)42(26-10-11-26)21-25-6-5-7-29(37)33(25)40)20-24-8-12-27(13-9-24)46-16-17-47-34-30(38)18-23(3)19-31(34)39/h5-9,12-13,18-19,22,26,28,32,41H,10-11,14-17,20-21H2,1-4H3/t28-,32?/m0/s1. The number of esters is 1.